The number of benzene rings is 1. The summed E-state index contributed by atoms with van der Waals surface area (Å²) in [7, 11) is 0.841. The fourth-order valence-electron chi connectivity index (χ4n) is 3.84. The Morgan fingerprint density at radius 2 is 1.64 bits per heavy atom. The summed E-state index contributed by atoms with van der Waals surface area (Å²) in [5, 5.41) is 3.02. The first kappa shape index (κ1) is 21.8. The number of hydrogen-bond donors (Lipinski definition) is 1. The fourth-order valence-corrected chi connectivity index (χ4v) is 5.71. The molecule has 3 rings (SSSR count). The van der Waals surface area contributed by atoms with Crippen LogP contribution < -0.4 is 5.32 Å². The van der Waals surface area contributed by atoms with Crippen molar-refractivity contribution in [2.75, 3.05) is 33.7 Å². The molecule has 0 saturated heterocycles. The van der Waals surface area contributed by atoms with Gasteiger partial charge in [0.2, 0.25) is 0 Å². The molecule has 0 radical (unpaired) electrons. The van der Waals surface area contributed by atoms with Crippen LogP contribution in [0.15, 0.2) is 29.2 Å². The fraction of sp³-hybridized carbons (Fsp3) is 0.727. The summed E-state index contributed by atoms with van der Waals surface area (Å²) >= 11 is 0. The van der Waals surface area contributed by atoms with E-state index < -0.39 is 15.2 Å². The molecular formula is C22H37N3O2S. The largest absolute Gasteiger partial charge is 0.317 e. The van der Waals surface area contributed by atoms with E-state index in [4.69, 9.17) is 0 Å². The maximum atomic E-state index is 13.3. The monoisotopic (exact) mass is 407 g/mol. The van der Waals surface area contributed by atoms with Gasteiger partial charge in [0.05, 0.1) is 4.90 Å². The highest BCUT2D eigenvalue weighted by Crippen LogP contribution is 2.31. The molecule has 0 heterocycles. The number of nitrogens with zero attached hydrogens (tertiary/aromatic N) is 2. The van der Waals surface area contributed by atoms with Gasteiger partial charge >= 0.3 is 0 Å². The van der Waals surface area contributed by atoms with Crippen LogP contribution >= 0.6 is 0 Å². The first-order valence-electron chi connectivity index (χ1n) is 10.8. The van der Waals surface area contributed by atoms with E-state index in [2.05, 4.69) is 22.2 Å². The molecule has 2 aliphatic rings. The van der Waals surface area contributed by atoms with Crippen molar-refractivity contribution in [3.63, 3.8) is 0 Å². The standard InChI is InChI=1S/C22H37N3O2S/c1-18-6-12-21(13-7-18)28(26,27)22(25(3)20-10-11-20)14-16-23-15-4-5-17-24(2)19-8-9-19/h6-7,12-13,19-20,22-23H,4-5,8-11,14-17H2,1-3H3. The van der Waals surface area contributed by atoms with E-state index in [0.29, 0.717) is 17.4 Å². The smallest absolute Gasteiger partial charge is 0.194 e. The predicted molar refractivity (Wildman–Crippen MR) is 115 cm³/mol. The van der Waals surface area contributed by atoms with E-state index in [1.807, 2.05) is 26.1 Å². The van der Waals surface area contributed by atoms with Crippen molar-refractivity contribution in [3.8, 4) is 0 Å². The minimum Gasteiger partial charge on any atom is -0.317 e. The molecule has 0 aliphatic heterocycles. The van der Waals surface area contributed by atoms with E-state index in [0.717, 1.165) is 44.0 Å². The summed E-state index contributed by atoms with van der Waals surface area (Å²) in [5.41, 5.74) is 1.08. The van der Waals surface area contributed by atoms with Crippen molar-refractivity contribution >= 4 is 9.84 Å². The SMILES string of the molecule is Cc1ccc(S(=O)(=O)C(CCNCCCCN(C)C2CC2)N(C)C2CC2)cc1. The third kappa shape index (κ3) is 6.02. The Hall–Kier alpha value is -0.950. The topological polar surface area (TPSA) is 52.7 Å². The van der Waals surface area contributed by atoms with Gasteiger partial charge in [0.15, 0.2) is 9.84 Å². The first-order valence-corrected chi connectivity index (χ1v) is 12.4. The zero-order valence-electron chi connectivity index (χ0n) is 17.7. The lowest BCUT2D eigenvalue weighted by molar-refractivity contribution is 0.277. The Bertz CT molecular complexity index is 712. The average molecular weight is 408 g/mol. The summed E-state index contributed by atoms with van der Waals surface area (Å²) in [6.45, 7) is 4.85. The van der Waals surface area contributed by atoms with Gasteiger partial charge < -0.3 is 10.2 Å². The first-order chi connectivity index (χ1) is 13.4. The Labute approximate surface area is 171 Å². The van der Waals surface area contributed by atoms with Gasteiger partial charge in [-0.2, -0.15) is 0 Å². The van der Waals surface area contributed by atoms with Gasteiger partial charge in [-0.3, -0.25) is 4.90 Å². The molecule has 1 atom stereocenters. The second-order valence-electron chi connectivity index (χ2n) is 8.67. The number of aryl methyl sites for hydroxylation is 1. The van der Waals surface area contributed by atoms with Crippen LogP contribution in [0.2, 0.25) is 0 Å². The van der Waals surface area contributed by atoms with E-state index >= 15 is 0 Å². The molecule has 2 fully saturated rings. The lowest BCUT2D eigenvalue weighted by Crippen LogP contribution is -2.42. The molecule has 0 bridgehead atoms. The number of nitrogens with one attached hydrogen (secondary N) is 1. The Balaban J connectivity index is 1.47. The quantitative estimate of drug-likeness (QED) is 0.510. The molecule has 0 spiro atoms. The van der Waals surface area contributed by atoms with Gasteiger partial charge in [0, 0.05) is 12.1 Å². The van der Waals surface area contributed by atoms with Gasteiger partial charge in [-0.25, -0.2) is 8.42 Å². The van der Waals surface area contributed by atoms with E-state index in [9.17, 15) is 8.42 Å². The molecule has 1 unspecified atom stereocenters. The van der Waals surface area contributed by atoms with Crippen molar-refractivity contribution < 1.29 is 8.42 Å². The molecule has 1 aromatic carbocycles. The van der Waals surface area contributed by atoms with Crippen molar-refractivity contribution in [1.82, 2.24) is 15.1 Å². The molecule has 2 aliphatic carbocycles. The molecule has 1 N–H and O–H groups in total. The second-order valence-corrected chi connectivity index (χ2v) is 10.8. The summed E-state index contributed by atoms with van der Waals surface area (Å²) in [6.07, 6.45) is 7.92. The van der Waals surface area contributed by atoms with Crippen molar-refractivity contribution in [2.24, 2.45) is 0 Å². The summed E-state index contributed by atoms with van der Waals surface area (Å²) in [4.78, 5) is 5.00. The summed E-state index contributed by atoms with van der Waals surface area (Å²) in [6, 6.07) is 8.53. The number of rotatable bonds is 13. The van der Waals surface area contributed by atoms with Crippen LogP contribution in [0, 0.1) is 6.92 Å². The number of unbranched alkanes of at least 4 members (excludes halogenated alkanes) is 1. The third-order valence-corrected chi connectivity index (χ3v) is 8.35. The zero-order chi connectivity index (χ0) is 20.1. The highest BCUT2D eigenvalue weighted by atomic mass is 32.2. The number of sulfone groups is 1. The Morgan fingerprint density at radius 1 is 1.00 bits per heavy atom. The Kier molecular flexibility index (Phi) is 7.54. The maximum absolute atomic E-state index is 13.3. The molecular weight excluding hydrogens is 370 g/mol. The van der Waals surface area contributed by atoms with Gasteiger partial charge in [0.25, 0.3) is 0 Å². The van der Waals surface area contributed by atoms with Crippen molar-refractivity contribution in [1.29, 1.82) is 0 Å². The van der Waals surface area contributed by atoms with Crippen LogP contribution in [0.3, 0.4) is 0 Å². The van der Waals surface area contributed by atoms with Gasteiger partial charge in [0.1, 0.15) is 5.37 Å². The van der Waals surface area contributed by atoms with Crippen molar-refractivity contribution in [3.05, 3.63) is 29.8 Å². The van der Waals surface area contributed by atoms with Gasteiger partial charge in [-0.15, -0.1) is 0 Å². The molecule has 28 heavy (non-hydrogen) atoms. The average Bonchev–Trinajstić information content (AvgIpc) is 3.56. The van der Waals surface area contributed by atoms with E-state index in [-0.39, 0.29) is 0 Å². The zero-order valence-corrected chi connectivity index (χ0v) is 18.5. The van der Waals surface area contributed by atoms with E-state index in [1.54, 1.807) is 12.1 Å². The van der Waals surface area contributed by atoms with Crippen LogP contribution in [-0.2, 0) is 9.84 Å². The van der Waals surface area contributed by atoms with Gasteiger partial charge in [-0.1, -0.05) is 17.7 Å². The molecule has 6 heteroatoms. The van der Waals surface area contributed by atoms with Crippen LogP contribution in [0.25, 0.3) is 0 Å². The van der Waals surface area contributed by atoms with Crippen LogP contribution in [0.5, 0.6) is 0 Å². The van der Waals surface area contributed by atoms with E-state index in [1.165, 1.54) is 25.8 Å². The van der Waals surface area contributed by atoms with Gasteiger partial charge in [-0.05, 0) is 97.7 Å². The van der Waals surface area contributed by atoms with Crippen molar-refractivity contribution in [2.45, 2.75) is 74.2 Å². The third-order valence-electron chi connectivity index (χ3n) is 6.14. The summed E-state index contributed by atoms with van der Waals surface area (Å²) < 4.78 is 26.5. The molecule has 2 saturated carbocycles. The predicted octanol–water partition coefficient (Wildman–Crippen LogP) is 3.04. The summed E-state index contributed by atoms with van der Waals surface area (Å²) in [5.74, 6) is 0. The molecule has 158 valence electrons. The highest BCUT2D eigenvalue weighted by Gasteiger charge is 2.38. The molecule has 5 nitrogen and oxygen atoms in total. The van der Waals surface area contributed by atoms with Crippen LogP contribution in [0.4, 0.5) is 0 Å². The van der Waals surface area contributed by atoms with Crippen LogP contribution in [0.1, 0.15) is 50.5 Å². The lowest BCUT2D eigenvalue weighted by Gasteiger charge is -2.28. The normalized spacial score (nSPS) is 18.8. The molecule has 1 aromatic rings. The van der Waals surface area contributed by atoms with Crippen LogP contribution in [-0.4, -0.2) is 69.4 Å². The Morgan fingerprint density at radius 3 is 2.25 bits per heavy atom. The lowest BCUT2D eigenvalue weighted by atomic mass is 10.2. The number of hydrogen-bond acceptors (Lipinski definition) is 5. The maximum Gasteiger partial charge on any atom is 0.194 e. The molecule has 0 amide bonds. The minimum atomic E-state index is -3.35. The minimum absolute atomic E-state index is 0.420. The second kappa shape index (κ2) is 9.70. The highest BCUT2D eigenvalue weighted by molar-refractivity contribution is 7.92. The molecule has 0 aromatic heterocycles.